The van der Waals surface area contributed by atoms with E-state index in [0.29, 0.717) is 13.0 Å². The minimum absolute atomic E-state index is 0.0287. The Morgan fingerprint density at radius 2 is 1.82 bits per heavy atom. The summed E-state index contributed by atoms with van der Waals surface area (Å²) in [6.45, 7) is 14.1. The van der Waals surface area contributed by atoms with Gasteiger partial charge in [0.1, 0.15) is 0 Å². The SMILES string of the molecule is CCCC(C)(C)CC(=O)OCCC[Si](C)(C)C. The lowest BCUT2D eigenvalue weighted by molar-refractivity contribution is -0.146. The highest BCUT2D eigenvalue weighted by molar-refractivity contribution is 6.76. The first-order valence-electron chi connectivity index (χ1n) is 6.82. The van der Waals surface area contributed by atoms with Crippen LogP contribution in [0.1, 0.15) is 46.5 Å². The molecule has 0 aliphatic heterocycles. The van der Waals surface area contributed by atoms with Gasteiger partial charge in [-0.05, 0) is 18.3 Å². The second kappa shape index (κ2) is 7.19. The number of esters is 1. The second-order valence-electron chi connectivity index (χ2n) is 6.98. The standard InChI is InChI=1S/C14H30O2Si/c1-7-9-14(2,3)12-13(15)16-10-8-11-17(4,5)6/h7-12H2,1-6H3. The third-order valence-corrected chi connectivity index (χ3v) is 4.74. The van der Waals surface area contributed by atoms with Crippen LogP contribution in [-0.2, 0) is 9.53 Å². The first-order valence-corrected chi connectivity index (χ1v) is 10.5. The van der Waals surface area contributed by atoms with Crippen LogP contribution in [0, 0.1) is 5.41 Å². The van der Waals surface area contributed by atoms with Crippen molar-refractivity contribution in [3.8, 4) is 0 Å². The van der Waals surface area contributed by atoms with Gasteiger partial charge in [0, 0.05) is 8.07 Å². The molecule has 0 unspecified atom stereocenters. The number of carbonyl (C=O) groups is 1. The molecule has 0 aromatic carbocycles. The van der Waals surface area contributed by atoms with E-state index in [1.807, 2.05) is 0 Å². The molecule has 0 atom stereocenters. The van der Waals surface area contributed by atoms with Crippen molar-refractivity contribution in [2.45, 2.75) is 72.1 Å². The molecule has 2 nitrogen and oxygen atoms in total. The van der Waals surface area contributed by atoms with E-state index < -0.39 is 8.07 Å². The zero-order valence-corrected chi connectivity index (χ0v) is 13.6. The van der Waals surface area contributed by atoms with Crippen molar-refractivity contribution >= 4 is 14.0 Å². The fraction of sp³-hybridized carbons (Fsp3) is 0.929. The molecular formula is C14H30O2Si. The zero-order chi connectivity index (χ0) is 13.5. The summed E-state index contributed by atoms with van der Waals surface area (Å²) in [5.74, 6) is -0.0287. The van der Waals surface area contributed by atoms with Gasteiger partial charge in [0.2, 0.25) is 0 Å². The lowest BCUT2D eigenvalue weighted by Gasteiger charge is -2.22. The van der Waals surface area contributed by atoms with Crippen LogP contribution >= 0.6 is 0 Å². The van der Waals surface area contributed by atoms with Gasteiger partial charge < -0.3 is 4.74 Å². The predicted octanol–water partition coefficient (Wildman–Crippen LogP) is 4.47. The van der Waals surface area contributed by atoms with Crippen molar-refractivity contribution in [1.29, 1.82) is 0 Å². The average molecular weight is 258 g/mol. The summed E-state index contributed by atoms with van der Waals surface area (Å²) < 4.78 is 5.30. The number of rotatable bonds is 8. The van der Waals surface area contributed by atoms with Crippen LogP contribution in [0.5, 0.6) is 0 Å². The molecule has 0 fully saturated rings. The van der Waals surface area contributed by atoms with E-state index in [-0.39, 0.29) is 11.4 Å². The molecular weight excluding hydrogens is 228 g/mol. The summed E-state index contributed by atoms with van der Waals surface area (Å²) in [4.78, 5) is 11.6. The van der Waals surface area contributed by atoms with Gasteiger partial charge >= 0.3 is 5.97 Å². The Bertz CT molecular complexity index is 229. The smallest absolute Gasteiger partial charge is 0.306 e. The van der Waals surface area contributed by atoms with Crippen LogP contribution < -0.4 is 0 Å². The molecule has 17 heavy (non-hydrogen) atoms. The van der Waals surface area contributed by atoms with Crippen LogP contribution in [0.15, 0.2) is 0 Å². The fourth-order valence-electron chi connectivity index (χ4n) is 2.00. The monoisotopic (exact) mass is 258 g/mol. The Morgan fingerprint density at radius 3 is 2.29 bits per heavy atom. The molecule has 0 bridgehead atoms. The van der Waals surface area contributed by atoms with E-state index in [9.17, 15) is 4.79 Å². The summed E-state index contributed by atoms with van der Waals surface area (Å²) in [6, 6.07) is 1.23. The number of hydrogen-bond acceptors (Lipinski definition) is 2. The summed E-state index contributed by atoms with van der Waals surface area (Å²) in [6.07, 6.45) is 3.77. The van der Waals surface area contributed by atoms with Crippen LogP contribution in [0.25, 0.3) is 0 Å². The molecule has 0 aliphatic rings. The quantitative estimate of drug-likeness (QED) is 0.365. The van der Waals surface area contributed by atoms with Gasteiger partial charge in [-0.15, -0.1) is 0 Å². The van der Waals surface area contributed by atoms with E-state index in [4.69, 9.17) is 4.74 Å². The second-order valence-corrected chi connectivity index (χ2v) is 12.6. The van der Waals surface area contributed by atoms with Crippen LogP contribution in [0.2, 0.25) is 25.7 Å². The lowest BCUT2D eigenvalue weighted by Crippen LogP contribution is -2.21. The van der Waals surface area contributed by atoms with Crippen LogP contribution in [0.3, 0.4) is 0 Å². The molecule has 3 heteroatoms. The maximum atomic E-state index is 11.6. The third kappa shape index (κ3) is 10.6. The lowest BCUT2D eigenvalue weighted by atomic mass is 9.85. The first-order chi connectivity index (χ1) is 7.66. The van der Waals surface area contributed by atoms with Gasteiger partial charge in [0.25, 0.3) is 0 Å². The number of carbonyl (C=O) groups excluding carboxylic acids is 1. The Morgan fingerprint density at radius 1 is 1.24 bits per heavy atom. The summed E-state index contributed by atoms with van der Waals surface area (Å²) >= 11 is 0. The first kappa shape index (κ1) is 16.7. The van der Waals surface area contributed by atoms with Crippen LogP contribution in [0.4, 0.5) is 0 Å². The number of hydrogen-bond donors (Lipinski definition) is 0. The fourth-order valence-corrected chi connectivity index (χ4v) is 3.20. The molecule has 0 amide bonds. The van der Waals surface area contributed by atoms with Crippen molar-refractivity contribution in [3.05, 3.63) is 0 Å². The predicted molar refractivity (Wildman–Crippen MR) is 77.0 cm³/mol. The third-order valence-electron chi connectivity index (χ3n) is 2.88. The Kier molecular flexibility index (Phi) is 7.06. The summed E-state index contributed by atoms with van der Waals surface area (Å²) in [5.41, 5.74) is 0.0879. The normalized spacial score (nSPS) is 12.6. The Hall–Kier alpha value is -0.313. The minimum Gasteiger partial charge on any atom is -0.466 e. The van der Waals surface area contributed by atoms with E-state index >= 15 is 0 Å². The maximum Gasteiger partial charge on any atom is 0.306 e. The molecule has 0 aromatic heterocycles. The van der Waals surface area contributed by atoms with E-state index in [0.717, 1.165) is 19.3 Å². The van der Waals surface area contributed by atoms with Crippen molar-refractivity contribution in [1.82, 2.24) is 0 Å². The molecule has 0 spiro atoms. The molecule has 0 aromatic rings. The highest BCUT2D eigenvalue weighted by atomic mass is 28.3. The van der Waals surface area contributed by atoms with Crippen molar-refractivity contribution in [2.24, 2.45) is 5.41 Å². The highest BCUT2D eigenvalue weighted by Crippen LogP contribution is 2.26. The highest BCUT2D eigenvalue weighted by Gasteiger charge is 2.22. The van der Waals surface area contributed by atoms with Crippen molar-refractivity contribution in [2.75, 3.05) is 6.61 Å². The van der Waals surface area contributed by atoms with E-state index in [1.54, 1.807) is 0 Å². The van der Waals surface area contributed by atoms with Gasteiger partial charge in [0.05, 0.1) is 13.0 Å². The largest absolute Gasteiger partial charge is 0.466 e. The molecule has 0 rings (SSSR count). The molecule has 102 valence electrons. The Balaban J connectivity index is 3.74. The topological polar surface area (TPSA) is 26.3 Å². The summed E-state index contributed by atoms with van der Waals surface area (Å²) in [5, 5.41) is 0. The average Bonchev–Trinajstić information content (AvgIpc) is 2.09. The van der Waals surface area contributed by atoms with Gasteiger partial charge in [-0.2, -0.15) is 0 Å². The minimum atomic E-state index is -0.980. The van der Waals surface area contributed by atoms with Gasteiger partial charge in [-0.25, -0.2) is 0 Å². The van der Waals surface area contributed by atoms with Crippen molar-refractivity contribution < 1.29 is 9.53 Å². The van der Waals surface area contributed by atoms with E-state index in [2.05, 4.69) is 40.4 Å². The van der Waals surface area contributed by atoms with Crippen molar-refractivity contribution in [3.63, 3.8) is 0 Å². The Labute approximate surface area is 108 Å². The molecule has 0 saturated carbocycles. The molecule has 0 N–H and O–H groups in total. The van der Waals surface area contributed by atoms with Gasteiger partial charge in [-0.3, -0.25) is 4.79 Å². The molecule has 0 saturated heterocycles. The molecule has 0 radical (unpaired) electrons. The van der Waals surface area contributed by atoms with E-state index in [1.165, 1.54) is 6.04 Å². The summed E-state index contributed by atoms with van der Waals surface area (Å²) in [7, 11) is -0.980. The van der Waals surface area contributed by atoms with Crippen LogP contribution in [-0.4, -0.2) is 20.7 Å². The van der Waals surface area contributed by atoms with Gasteiger partial charge in [-0.1, -0.05) is 52.9 Å². The molecule has 0 aliphatic carbocycles. The number of ether oxygens (including phenoxy) is 1. The maximum absolute atomic E-state index is 11.6. The van der Waals surface area contributed by atoms with Gasteiger partial charge in [0.15, 0.2) is 0 Å². The molecule has 0 heterocycles. The zero-order valence-electron chi connectivity index (χ0n) is 12.6.